The summed E-state index contributed by atoms with van der Waals surface area (Å²) in [4.78, 5) is 4.33. The third-order valence-corrected chi connectivity index (χ3v) is 2.25. The summed E-state index contributed by atoms with van der Waals surface area (Å²) >= 11 is 0. The van der Waals surface area contributed by atoms with E-state index >= 15 is 0 Å². The highest BCUT2D eigenvalue weighted by Gasteiger charge is 2.09. The molecule has 1 atom stereocenters. The largest absolute Gasteiger partial charge is 0.379 e. The van der Waals surface area contributed by atoms with Crippen molar-refractivity contribution in [2.75, 3.05) is 13.7 Å². The first-order valence-electron chi connectivity index (χ1n) is 5.44. The van der Waals surface area contributed by atoms with Crippen LogP contribution in [0.4, 0.5) is 0 Å². The number of rotatable bonds is 6. The minimum atomic E-state index is 0.282. The van der Waals surface area contributed by atoms with E-state index < -0.39 is 0 Å². The van der Waals surface area contributed by atoms with E-state index in [1.807, 2.05) is 31.4 Å². The van der Waals surface area contributed by atoms with Crippen LogP contribution in [0.25, 0.3) is 0 Å². The van der Waals surface area contributed by atoms with Gasteiger partial charge < -0.3 is 10.1 Å². The molecule has 0 aliphatic carbocycles. The maximum Gasteiger partial charge on any atom is 0.0573 e. The Kier molecular flexibility index (Phi) is 5.29. The van der Waals surface area contributed by atoms with Crippen molar-refractivity contribution in [1.29, 1.82) is 0 Å². The highest BCUT2D eigenvalue weighted by atomic mass is 16.5. The first-order chi connectivity index (χ1) is 7.24. The van der Waals surface area contributed by atoms with Crippen LogP contribution in [0.15, 0.2) is 24.4 Å². The molecule has 1 N–H and O–H groups in total. The highest BCUT2D eigenvalue weighted by Crippen LogP contribution is 2.13. The van der Waals surface area contributed by atoms with Gasteiger partial charge in [0.2, 0.25) is 0 Å². The first kappa shape index (κ1) is 12.1. The molecule has 0 saturated carbocycles. The van der Waals surface area contributed by atoms with Crippen molar-refractivity contribution in [2.24, 2.45) is 0 Å². The molecule has 1 rings (SSSR count). The molecule has 0 spiro atoms. The number of hydrogen-bond donors (Lipinski definition) is 1. The molecule has 1 aromatic rings. The summed E-state index contributed by atoms with van der Waals surface area (Å²) in [5, 5.41) is 3.25. The van der Waals surface area contributed by atoms with Gasteiger partial charge in [-0.1, -0.05) is 6.07 Å². The Bertz CT molecular complexity index is 262. The second-order valence-electron chi connectivity index (χ2n) is 3.80. The van der Waals surface area contributed by atoms with E-state index in [1.165, 1.54) is 0 Å². The summed E-state index contributed by atoms with van der Waals surface area (Å²) in [6.45, 7) is 4.87. The molecule has 0 aliphatic heterocycles. The smallest absolute Gasteiger partial charge is 0.0573 e. The summed E-state index contributed by atoms with van der Waals surface area (Å²) < 4.78 is 5.53. The minimum Gasteiger partial charge on any atom is -0.379 e. The minimum absolute atomic E-state index is 0.282. The van der Waals surface area contributed by atoms with E-state index in [0.29, 0.717) is 6.10 Å². The zero-order valence-corrected chi connectivity index (χ0v) is 9.73. The summed E-state index contributed by atoms with van der Waals surface area (Å²) in [7, 11) is 1.95. The maximum atomic E-state index is 5.53. The Balaban J connectivity index is 2.43. The van der Waals surface area contributed by atoms with Crippen molar-refractivity contribution in [3.8, 4) is 0 Å². The molecule has 0 radical (unpaired) electrons. The Morgan fingerprint density at radius 1 is 1.40 bits per heavy atom. The summed E-state index contributed by atoms with van der Waals surface area (Å²) in [6, 6.07) is 6.26. The van der Waals surface area contributed by atoms with Gasteiger partial charge in [0, 0.05) is 12.8 Å². The monoisotopic (exact) mass is 208 g/mol. The van der Waals surface area contributed by atoms with Gasteiger partial charge in [-0.3, -0.25) is 4.98 Å². The Labute approximate surface area is 91.9 Å². The van der Waals surface area contributed by atoms with Crippen LogP contribution in [0.1, 0.15) is 32.0 Å². The van der Waals surface area contributed by atoms with Crippen LogP contribution in [0.5, 0.6) is 0 Å². The van der Waals surface area contributed by atoms with E-state index in [0.717, 1.165) is 18.7 Å². The van der Waals surface area contributed by atoms with E-state index in [1.54, 1.807) is 0 Å². The lowest BCUT2D eigenvalue weighted by Gasteiger charge is -2.16. The van der Waals surface area contributed by atoms with Crippen LogP contribution in [0.3, 0.4) is 0 Å². The number of nitrogens with zero attached hydrogens (tertiary/aromatic N) is 1. The summed E-state index contributed by atoms with van der Waals surface area (Å²) in [5.74, 6) is 0. The van der Waals surface area contributed by atoms with E-state index in [9.17, 15) is 0 Å². The highest BCUT2D eigenvalue weighted by molar-refractivity contribution is 5.08. The SMILES string of the molecule is CNC(CCOC(C)C)c1ccccn1. The van der Waals surface area contributed by atoms with Gasteiger partial charge in [-0.2, -0.15) is 0 Å². The van der Waals surface area contributed by atoms with Gasteiger partial charge >= 0.3 is 0 Å². The number of ether oxygens (including phenoxy) is 1. The average Bonchev–Trinajstić information content (AvgIpc) is 2.25. The zero-order valence-electron chi connectivity index (χ0n) is 9.73. The van der Waals surface area contributed by atoms with Crippen LogP contribution in [0.2, 0.25) is 0 Å². The molecule has 1 aromatic heterocycles. The molecule has 3 heteroatoms. The van der Waals surface area contributed by atoms with Crippen LogP contribution in [-0.4, -0.2) is 24.7 Å². The molecule has 0 saturated heterocycles. The fourth-order valence-corrected chi connectivity index (χ4v) is 1.44. The summed E-state index contributed by atoms with van der Waals surface area (Å²) in [5.41, 5.74) is 1.08. The van der Waals surface area contributed by atoms with Crippen LogP contribution in [-0.2, 0) is 4.74 Å². The maximum absolute atomic E-state index is 5.53. The van der Waals surface area contributed by atoms with E-state index in [4.69, 9.17) is 4.74 Å². The van der Waals surface area contributed by atoms with Gasteiger partial charge in [-0.25, -0.2) is 0 Å². The first-order valence-corrected chi connectivity index (χ1v) is 5.44. The molecule has 1 heterocycles. The molecular weight excluding hydrogens is 188 g/mol. The van der Waals surface area contributed by atoms with Gasteiger partial charge in [-0.15, -0.1) is 0 Å². The molecule has 0 amide bonds. The van der Waals surface area contributed by atoms with Crippen molar-refractivity contribution in [2.45, 2.75) is 32.4 Å². The summed E-state index contributed by atoms with van der Waals surface area (Å²) in [6.07, 6.45) is 3.07. The van der Waals surface area contributed by atoms with Crippen LogP contribution in [0, 0.1) is 0 Å². The quantitative estimate of drug-likeness (QED) is 0.778. The van der Waals surface area contributed by atoms with Gasteiger partial charge in [0.1, 0.15) is 0 Å². The van der Waals surface area contributed by atoms with Crippen molar-refractivity contribution in [3.63, 3.8) is 0 Å². The van der Waals surface area contributed by atoms with Crippen molar-refractivity contribution < 1.29 is 4.74 Å². The third-order valence-electron chi connectivity index (χ3n) is 2.25. The lowest BCUT2D eigenvalue weighted by Crippen LogP contribution is -2.20. The molecule has 0 aliphatic rings. The normalized spacial score (nSPS) is 13.1. The number of nitrogens with one attached hydrogen (secondary N) is 1. The number of aromatic nitrogens is 1. The predicted molar refractivity (Wildman–Crippen MR) is 61.7 cm³/mol. The molecule has 3 nitrogen and oxygen atoms in total. The fraction of sp³-hybridized carbons (Fsp3) is 0.583. The number of pyridine rings is 1. The Hall–Kier alpha value is -0.930. The topological polar surface area (TPSA) is 34.1 Å². The molecule has 15 heavy (non-hydrogen) atoms. The molecular formula is C12H20N2O. The second kappa shape index (κ2) is 6.53. The lowest BCUT2D eigenvalue weighted by atomic mass is 10.1. The zero-order chi connectivity index (χ0) is 11.1. The van der Waals surface area contributed by atoms with E-state index in [2.05, 4.69) is 24.1 Å². The van der Waals surface area contributed by atoms with Crippen molar-refractivity contribution >= 4 is 0 Å². The molecule has 84 valence electrons. The third kappa shape index (κ3) is 4.40. The lowest BCUT2D eigenvalue weighted by molar-refractivity contribution is 0.0717. The van der Waals surface area contributed by atoms with Gasteiger partial charge in [-0.05, 0) is 39.4 Å². The Morgan fingerprint density at radius 3 is 2.73 bits per heavy atom. The van der Waals surface area contributed by atoms with Crippen LogP contribution < -0.4 is 5.32 Å². The second-order valence-corrected chi connectivity index (χ2v) is 3.80. The standard InChI is InChI=1S/C12H20N2O/c1-10(2)15-9-7-11(13-3)12-6-4-5-8-14-12/h4-6,8,10-11,13H,7,9H2,1-3H3. The van der Waals surface area contributed by atoms with Gasteiger partial charge in [0.15, 0.2) is 0 Å². The van der Waals surface area contributed by atoms with E-state index in [-0.39, 0.29) is 6.04 Å². The number of hydrogen-bond acceptors (Lipinski definition) is 3. The van der Waals surface area contributed by atoms with Crippen LogP contribution >= 0.6 is 0 Å². The van der Waals surface area contributed by atoms with Crippen molar-refractivity contribution in [3.05, 3.63) is 30.1 Å². The molecule has 0 bridgehead atoms. The van der Waals surface area contributed by atoms with Crippen molar-refractivity contribution in [1.82, 2.24) is 10.3 Å². The molecule has 0 aromatic carbocycles. The fourth-order valence-electron chi connectivity index (χ4n) is 1.44. The Morgan fingerprint density at radius 2 is 2.20 bits per heavy atom. The molecule has 0 fully saturated rings. The average molecular weight is 208 g/mol. The molecule has 1 unspecified atom stereocenters. The van der Waals surface area contributed by atoms with Gasteiger partial charge in [0.05, 0.1) is 17.8 Å². The van der Waals surface area contributed by atoms with Gasteiger partial charge in [0.25, 0.3) is 0 Å². The predicted octanol–water partition coefficient (Wildman–Crippen LogP) is 2.16.